The summed E-state index contributed by atoms with van der Waals surface area (Å²) in [6.07, 6.45) is 0. The summed E-state index contributed by atoms with van der Waals surface area (Å²) >= 11 is 1.39. The molecule has 0 spiro atoms. The molecule has 0 bridgehead atoms. The highest BCUT2D eigenvalue weighted by molar-refractivity contribution is 7.12. The van der Waals surface area contributed by atoms with E-state index in [4.69, 9.17) is 9.84 Å². The van der Waals surface area contributed by atoms with Gasteiger partial charge in [-0.05, 0) is 24.3 Å². The molecule has 1 aromatic carbocycles. The van der Waals surface area contributed by atoms with E-state index < -0.39 is 11.6 Å². The number of hydrogen-bond acceptors (Lipinski definition) is 3. The molecule has 0 aliphatic carbocycles. The molecule has 0 aliphatic heterocycles. The minimum Gasteiger partial charge on any atom is -0.485 e. The minimum atomic E-state index is -0.725. The number of rotatable bonds is 3. The zero-order valence-corrected chi connectivity index (χ0v) is 10.6. The first-order valence-electron chi connectivity index (χ1n) is 5.45. The zero-order valence-electron chi connectivity index (χ0n) is 9.82. The summed E-state index contributed by atoms with van der Waals surface area (Å²) in [6, 6.07) is 6.79. The number of aliphatic hydroxyl groups excluding tert-OH is 1. The predicted octanol–water partition coefficient (Wildman–Crippen LogP) is 2.95. The summed E-state index contributed by atoms with van der Waals surface area (Å²) < 4.78 is 31.3. The van der Waals surface area contributed by atoms with Gasteiger partial charge in [-0.2, -0.15) is 0 Å². The fraction of sp³-hybridized carbons (Fsp3) is 0.143. The Morgan fingerprint density at radius 1 is 1.21 bits per heavy atom. The van der Waals surface area contributed by atoms with Crippen molar-refractivity contribution in [2.45, 2.75) is 6.61 Å². The maximum absolute atomic E-state index is 13.3. The summed E-state index contributed by atoms with van der Waals surface area (Å²) in [4.78, 5) is 1.66. The van der Waals surface area contributed by atoms with Crippen molar-refractivity contribution in [1.29, 1.82) is 0 Å². The lowest BCUT2D eigenvalue weighted by Gasteiger charge is -2.05. The van der Waals surface area contributed by atoms with Gasteiger partial charge in [0.05, 0.1) is 4.88 Å². The Morgan fingerprint density at radius 3 is 2.79 bits per heavy atom. The number of hydrogen-bond donors (Lipinski definition) is 1. The highest BCUT2D eigenvalue weighted by Gasteiger charge is 2.06. The van der Waals surface area contributed by atoms with E-state index in [-0.39, 0.29) is 19.0 Å². The molecule has 5 heteroatoms. The van der Waals surface area contributed by atoms with Crippen LogP contribution in [-0.2, 0) is 6.61 Å². The van der Waals surface area contributed by atoms with E-state index in [2.05, 4.69) is 11.8 Å². The van der Waals surface area contributed by atoms with Crippen LogP contribution in [0.4, 0.5) is 8.78 Å². The number of benzene rings is 1. The zero-order chi connectivity index (χ0) is 13.7. The molecule has 2 rings (SSSR count). The highest BCUT2D eigenvalue weighted by Crippen LogP contribution is 2.21. The van der Waals surface area contributed by atoms with Crippen molar-refractivity contribution in [3.05, 3.63) is 51.7 Å². The topological polar surface area (TPSA) is 29.5 Å². The van der Waals surface area contributed by atoms with E-state index in [0.29, 0.717) is 0 Å². The minimum absolute atomic E-state index is 0.0118. The largest absolute Gasteiger partial charge is 0.485 e. The molecule has 0 unspecified atom stereocenters. The van der Waals surface area contributed by atoms with Gasteiger partial charge in [0.2, 0.25) is 0 Å². The molecule has 0 saturated carbocycles. The van der Waals surface area contributed by atoms with Gasteiger partial charge in [0.25, 0.3) is 0 Å². The van der Waals surface area contributed by atoms with Crippen LogP contribution >= 0.6 is 11.3 Å². The van der Waals surface area contributed by atoms with Crippen LogP contribution in [0, 0.1) is 23.5 Å². The lowest BCUT2D eigenvalue weighted by Crippen LogP contribution is -1.95. The van der Waals surface area contributed by atoms with Gasteiger partial charge in [-0.1, -0.05) is 11.8 Å². The molecule has 0 amide bonds. The van der Waals surface area contributed by atoms with Crippen LogP contribution in [0.25, 0.3) is 0 Å². The van der Waals surface area contributed by atoms with Crippen molar-refractivity contribution >= 4 is 11.3 Å². The average molecular weight is 280 g/mol. The van der Waals surface area contributed by atoms with E-state index >= 15 is 0 Å². The summed E-state index contributed by atoms with van der Waals surface area (Å²) in [5.41, 5.74) is 0. The van der Waals surface area contributed by atoms with Crippen molar-refractivity contribution in [2.24, 2.45) is 0 Å². The maximum atomic E-state index is 13.3. The van der Waals surface area contributed by atoms with Gasteiger partial charge in [-0.15, -0.1) is 11.3 Å². The van der Waals surface area contributed by atoms with Gasteiger partial charge in [0.1, 0.15) is 19.0 Å². The smallest absolute Gasteiger partial charge is 0.167 e. The summed E-state index contributed by atoms with van der Waals surface area (Å²) in [5.74, 6) is 3.96. The lowest BCUT2D eigenvalue weighted by atomic mass is 10.3. The molecule has 0 fully saturated rings. The number of thiophene rings is 1. The fourth-order valence-electron chi connectivity index (χ4n) is 1.39. The second kappa shape index (κ2) is 6.32. The van der Waals surface area contributed by atoms with Crippen LogP contribution in [0.5, 0.6) is 5.75 Å². The van der Waals surface area contributed by atoms with Crippen LogP contribution < -0.4 is 4.74 Å². The number of aliphatic hydroxyl groups is 1. The third kappa shape index (κ3) is 3.78. The summed E-state index contributed by atoms with van der Waals surface area (Å²) in [5, 5.41) is 8.57. The SMILES string of the molecule is OCC#Cc1ccc(COc2ccc(F)cc2F)s1. The van der Waals surface area contributed by atoms with Crippen LogP contribution in [0.2, 0.25) is 0 Å². The third-order valence-electron chi connectivity index (χ3n) is 2.22. The lowest BCUT2D eigenvalue weighted by molar-refractivity contribution is 0.292. The molecule has 0 atom stereocenters. The molecule has 1 aromatic heterocycles. The molecule has 0 radical (unpaired) electrons. The van der Waals surface area contributed by atoms with Crippen LogP contribution in [0.1, 0.15) is 9.75 Å². The van der Waals surface area contributed by atoms with E-state index in [1.54, 1.807) is 6.07 Å². The molecule has 1 N–H and O–H groups in total. The van der Waals surface area contributed by atoms with E-state index in [1.165, 1.54) is 17.4 Å². The Kier molecular flexibility index (Phi) is 4.50. The summed E-state index contributed by atoms with van der Waals surface area (Å²) in [6.45, 7) is -0.00144. The molecule has 0 aliphatic rings. The normalized spacial score (nSPS) is 9.84. The molecule has 98 valence electrons. The maximum Gasteiger partial charge on any atom is 0.167 e. The Bertz CT molecular complexity index is 626. The van der Waals surface area contributed by atoms with E-state index in [0.717, 1.165) is 21.9 Å². The van der Waals surface area contributed by atoms with Crippen molar-refractivity contribution in [3.63, 3.8) is 0 Å². The van der Waals surface area contributed by atoms with E-state index in [9.17, 15) is 8.78 Å². The highest BCUT2D eigenvalue weighted by atomic mass is 32.1. The van der Waals surface area contributed by atoms with Gasteiger partial charge in [-0.3, -0.25) is 0 Å². The molecule has 0 saturated heterocycles. The molecular weight excluding hydrogens is 270 g/mol. The van der Waals surface area contributed by atoms with Gasteiger partial charge in [-0.25, -0.2) is 8.78 Å². The van der Waals surface area contributed by atoms with Crippen molar-refractivity contribution in [1.82, 2.24) is 0 Å². The van der Waals surface area contributed by atoms with Crippen molar-refractivity contribution in [3.8, 4) is 17.6 Å². The second-order valence-electron chi connectivity index (χ2n) is 3.59. The quantitative estimate of drug-likeness (QED) is 0.876. The molecule has 2 aromatic rings. The van der Waals surface area contributed by atoms with Gasteiger partial charge < -0.3 is 9.84 Å². The molecule has 1 heterocycles. The van der Waals surface area contributed by atoms with E-state index in [1.807, 2.05) is 6.07 Å². The third-order valence-corrected chi connectivity index (χ3v) is 3.19. The molecule has 19 heavy (non-hydrogen) atoms. The first-order valence-corrected chi connectivity index (χ1v) is 6.27. The summed E-state index contributed by atoms with van der Waals surface area (Å²) in [7, 11) is 0. The standard InChI is InChI=1S/C14H10F2O2S/c15-10-3-6-14(13(16)8-10)18-9-12-5-4-11(19-12)2-1-7-17/h3-6,8,17H,7,9H2. The monoisotopic (exact) mass is 280 g/mol. The Morgan fingerprint density at radius 2 is 2.05 bits per heavy atom. The first kappa shape index (κ1) is 13.5. The fourth-order valence-corrected chi connectivity index (χ4v) is 2.19. The average Bonchev–Trinajstić information content (AvgIpc) is 2.83. The predicted molar refractivity (Wildman–Crippen MR) is 69.0 cm³/mol. The molecule has 2 nitrogen and oxygen atoms in total. The van der Waals surface area contributed by atoms with Crippen LogP contribution in [0.15, 0.2) is 30.3 Å². The Hall–Kier alpha value is -1.90. The van der Waals surface area contributed by atoms with Crippen molar-refractivity contribution < 1.29 is 18.6 Å². The van der Waals surface area contributed by atoms with Crippen LogP contribution in [-0.4, -0.2) is 11.7 Å². The number of halogens is 2. The van der Waals surface area contributed by atoms with Gasteiger partial charge in [0, 0.05) is 10.9 Å². The van der Waals surface area contributed by atoms with Gasteiger partial charge >= 0.3 is 0 Å². The Labute approximate surface area is 113 Å². The second-order valence-corrected chi connectivity index (χ2v) is 4.76. The Balaban J connectivity index is 2.00. The first-order chi connectivity index (χ1) is 9.19. The van der Waals surface area contributed by atoms with Crippen LogP contribution in [0.3, 0.4) is 0 Å². The van der Waals surface area contributed by atoms with Crippen molar-refractivity contribution in [2.75, 3.05) is 6.61 Å². The van der Waals surface area contributed by atoms with Gasteiger partial charge in [0.15, 0.2) is 11.6 Å². The molecular formula is C14H10F2O2S. The number of ether oxygens (including phenoxy) is 1.